The zero-order valence-electron chi connectivity index (χ0n) is 9.33. The van der Waals surface area contributed by atoms with E-state index in [4.69, 9.17) is 0 Å². The summed E-state index contributed by atoms with van der Waals surface area (Å²) in [5.74, 6) is 0.778. The predicted molar refractivity (Wildman–Crippen MR) is 60.4 cm³/mol. The van der Waals surface area contributed by atoms with Crippen molar-refractivity contribution in [3.8, 4) is 0 Å². The van der Waals surface area contributed by atoms with Crippen LogP contribution in [0, 0.1) is 5.92 Å². The van der Waals surface area contributed by atoms with E-state index >= 15 is 0 Å². The van der Waals surface area contributed by atoms with Gasteiger partial charge in [0.2, 0.25) is 0 Å². The van der Waals surface area contributed by atoms with Crippen LogP contribution in [0.15, 0.2) is 24.3 Å². The lowest BCUT2D eigenvalue weighted by atomic mass is 9.80. The van der Waals surface area contributed by atoms with E-state index in [2.05, 4.69) is 50.2 Å². The second-order valence-electron chi connectivity index (χ2n) is 4.62. The summed E-state index contributed by atoms with van der Waals surface area (Å²) >= 11 is 0. The van der Waals surface area contributed by atoms with Crippen LogP contribution < -0.4 is 0 Å². The second kappa shape index (κ2) is 3.74. The number of hydrogen-bond acceptors (Lipinski definition) is 1. The molecule has 0 unspecified atom stereocenters. The molecule has 1 aliphatic rings. The van der Waals surface area contributed by atoms with E-state index in [1.54, 1.807) is 5.56 Å². The molecule has 1 nitrogen and oxygen atoms in total. The summed E-state index contributed by atoms with van der Waals surface area (Å²) in [6.07, 6.45) is 2.57. The van der Waals surface area contributed by atoms with E-state index in [-0.39, 0.29) is 0 Å². The van der Waals surface area contributed by atoms with Crippen LogP contribution in [0.2, 0.25) is 0 Å². The number of nitrogens with zero attached hydrogens (tertiary/aromatic N) is 1. The summed E-state index contributed by atoms with van der Waals surface area (Å²) in [5.41, 5.74) is 3.08. The maximum atomic E-state index is 2.36. The van der Waals surface area contributed by atoms with Crippen molar-refractivity contribution >= 4 is 0 Å². The van der Waals surface area contributed by atoms with Gasteiger partial charge in [-0.25, -0.2) is 0 Å². The fourth-order valence-electron chi connectivity index (χ4n) is 2.69. The summed E-state index contributed by atoms with van der Waals surface area (Å²) in [6.45, 7) is 2.36. The molecule has 1 aromatic rings. The van der Waals surface area contributed by atoms with E-state index < -0.39 is 0 Å². The van der Waals surface area contributed by atoms with Crippen LogP contribution in [0.25, 0.3) is 0 Å². The Kier molecular flexibility index (Phi) is 2.60. The summed E-state index contributed by atoms with van der Waals surface area (Å²) in [5, 5.41) is 0. The first-order chi connectivity index (χ1) is 6.70. The fraction of sp³-hybridized carbons (Fsp3) is 0.538. The first-order valence-corrected chi connectivity index (χ1v) is 5.44. The minimum Gasteiger partial charge on any atom is -0.302 e. The van der Waals surface area contributed by atoms with Crippen molar-refractivity contribution in [2.45, 2.75) is 25.8 Å². The van der Waals surface area contributed by atoms with Crippen molar-refractivity contribution in [2.75, 3.05) is 14.1 Å². The van der Waals surface area contributed by atoms with Gasteiger partial charge in [0.15, 0.2) is 0 Å². The number of hydrogen-bond donors (Lipinski definition) is 0. The minimum absolute atomic E-state index is 0.611. The highest BCUT2D eigenvalue weighted by atomic mass is 15.1. The van der Waals surface area contributed by atoms with Crippen LogP contribution in [0.3, 0.4) is 0 Å². The smallest absolute Gasteiger partial charge is 0.0370 e. The number of fused-ring (bicyclic) bond motifs is 1. The van der Waals surface area contributed by atoms with Gasteiger partial charge < -0.3 is 4.90 Å². The standard InChI is InChI=1S/C13H19N/c1-10-8-9-11-6-4-5-7-12(11)13(10)14(2)3/h4-7,10,13H,8-9H2,1-3H3/t10-,13+/m0/s1. The maximum absolute atomic E-state index is 2.36. The van der Waals surface area contributed by atoms with Crippen LogP contribution in [0.1, 0.15) is 30.5 Å². The van der Waals surface area contributed by atoms with Crippen molar-refractivity contribution in [2.24, 2.45) is 5.92 Å². The van der Waals surface area contributed by atoms with Crippen molar-refractivity contribution < 1.29 is 0 Å². The van der Waals surface area contributed by atoms with Gasteiger partial charge in [0.05, 0.1) is 0 Å². The monoisotopic (exact) mass is 189 g/mol. The molecule has 0 radical (unpaired) electrons. The molecule has 0 bridgehead atoms. The molecule has 14 heavy (non-hydrogen) atoms. The molecule has 0 fully saturated rings. The first-order valence-electron chi connectivity index (χ1n) is 5.44. The highest BCUT2D eigenvalue weighted by Crippen LogP contribution is 2.36. The highest BCUT2D eigenvalue weighted by molar-refractivity contribution is 5.32. The first kappa shape index (κ1) is 9.72. The van der Waals surface area contributed by atoms with Crippen LogP contribution in [0.4, 0.5) is 0 Å². The molecule has 0 N–H and O–H groups in total. The summed E-state index contributed by atoms with van der Waals surface area (Å²) in [7, 11) is 4.37. The summed E-state index contributed by atoms with van der Waals surface area (Å²) in [6, 6.07) is 9.49. The Balaban J connectivity index is 2.41. The lowest BCUT2D eigenvalue weighted by molar-refractivity contribution is 0.203. The molecular weight excluding hydrogens is 170 g/mol. The molecule has 1 aromatic carbocycles. The molecular formula is C13H19N. The molecule has 0 saturated heterocycles. The third-order valence-corrected chi connectivity index (χ3v) is 3.34. The Labute approximate surface area is 86.7 Å². The van der Waals surface area contributed by atoms with Gasteiger partial charge in [0.25, 0.3) is 0 Å². The minimum atomic E-state index is 0.611. The van der Waals surface area contributed by atoms with Gasteiger partial charge in [-0.2, -0.15) is 0 Å². The molecule has 0 amide bonds. The zero-order chi connectivity index (χ0) is 10.1. The highest BCUT2D eigenvalue weighted by Gasteiger charge is 2.27. The molecule has 0 heterocycles. The third-order valence-electron chi connectivity index (χ3n) is 3.34. The SMILES string of the molecule is C[C@H]1CCc2ccccc2[C@@H]1N(C)C. The van der Waals surface area contributed by atoms with Crippen LogP contribution >= 0.6 is 0 Å². The van der Waals surface area contributed by atoms with E-state index in [9.17, 15) is 0 Å². The molecule has 0 saturated carbocycles. The van der Waals surface area contributed by atoms with Crippen LogP contribution in [0.5, 0.6) is 0 Å². The average molecular weight is 189 g/mol. The van der Waals surface area contributed by atoms with Gasteiger partial charge in [-0.1, -0.05) is 31.2 Å². The number of rotatable bonds is 1. The van der Waals surface area contributed by atoms with Crippen molar-refractivity contribution in [3.05, 3.63) is 35.4 Å². The Morgan fingerprint density at radius 2 is 1.93 bits per heavy atom. The van der Waals surface area contributed by atoms with Gasteiger partial charge in [0, 0.05) is 6.04 Å². The van der Waals surface area contributed by atoms with E-state index in [0.717, 1.165) is 5.92 Å². The van der Waals surface area contributed by atoms with Crippen molar-refractivity contribution in [3.63, 3.8) is 0 Å². The maximum Gasteiger partial charge on any atom is 0.0370 e. The van der Waals surface area contributed by atoms with Gasteiger partial charge in [-0.15, -0.1) is 0 Å². The second-order valence-corrected chi connectivity index (χ2v) is 4.62. The lowest BCUT2D eigenvalue weighted by Gasteiger charge is -2.36. The van der Waals surface area contributed by atoms with E-state index in [0.29, 0.717) is 6.04 Å². The normalized spacial score (nSPS) is 26.3. The van der Waals surface area contributed by atoms with Gasteiger partial charge in [-0.05, 0) is 44.0 Å². The molecule has 1 aliphatic carbocycles. The Hall–Kier alpha value is -0.820. The molecule has 0 aromatic heterocycles. The van der Waals surface area contributed by atoms with Crippen molar-refractivity contribution in [1.29, 1.82) is 0 Å². The summed E-state index contributed by atoms with van der Waals surface area (Å²) in [4.78, 5) is 2.35. The number of aryl methyl sites for hydroxylation is 1. The summed E-state index contributed by atoms with van der Waals surface area (Å²) < 4.78 is 0. The van der Waals surface area contributed by atoms with Crippen LogP contribution in [-0.4, -0.2) is 19.0 Å². The van der Waals surface area contributed by atoms with Gasteiger partial charge >= 0.3 is 0 Å². The zero-order valence-corrected chi connectivity index (χ0v) is 9.33. The van der Waals surface area contributed by atoms with Crippen molar-refractivity contribution in [1.82, 2.24) is 4.90 Å². The molecule has 0 aliphatic heterocycles. The molecule has 2 atom stereocenters. The van der Waals surface area contributed by atoms with E-state index in [1.807, 2.05) is 0 Å². The largest absolute Gasteiger partial charge is 0.302 e. The van der Waals surface area contributed by atoms with Crippen LogP contribution in [-0.2, 0) is 6.42 Å². The van der Waals surface area contributed by atoms with Gasteiger partial charge in [-0.3, -0.25) is 0 Å². The molecule has 76 valence electrons. The topological polar surface area (TPSA) is 3.24 Å². The van der Waals surface area contributed by atoms with Gasteiger partial charge in [0.1, 0.15) is 0 Å². The third kappa shape index (κ3) is 1.57. The lowest BCUT2D eigenvalue weighted by Crippen LogP contribution is -2.30. The average Bonchev–Trinajstić information content (AvgIpc) is 2.17. The number of benzene rings is 1. The fourth-order valence-corrected chi connectivity index (χ4v) is 2.69. The molecule has 2 rings (SSSR count). The Bertz CT molecular complexity index is 317. The van der Waals surface area contributed by atoms with E-state index in [1.165, 1.54) is 18.4 Å². The predicted octanol–water partition coefficient (Wildman–Crippen LogP) is 2.87. The Morgan fingerprint density at radius 1 is 1.21 bits per heavy atom. The quantitative estimate of drug-likeness (QED) is 0.656. The Morgan fingerprint density at radius 3 is 2.64 bits per heavy atom. The molecule has 0 spiro atoms. The molecule has 1 heteroatoms.